The third-order valence-electron chi connectivity index (χ3n) is 4.35. The normalized spacial score (nSPS) is 20.9. The van der Waals surface area contributed by atoms with Crippen molar-refractivity contribution in [2.24, 2.45) is 5.92 Å². The third kappa shape index (κ3) is 4.31. The Labute approximate surface area is 136 Å². The average Bonchev–Trinajstić information content (AvgIpc) is 3.10. The van der Waals surface area contributed by atoms with Gasteiger partial charge in [0.05, 0.1) is 0 Å². The smallest absolute Gasteiger partial charge is 0.315 e. The molecule has 3 rings (SSSR count). The number of carbonyl (C=O) groups excluding carboxylic acids is 1. The zero-order valence-electron chi connectivity index (χ0n) is 13.4. The number of urea groups is 1. The number of hydrogen-bond acceptors (Lipinski definition) is 3. The monoisotopic (exact) mass is 313 g/mol. The van der Waals surface area contributed by atoms with Crippen LogP contribution in [0.15, 0.2) is 36.8 Å². The van der Waals surface area contributed by atoms with Gasteiger partial charge >= 0.3 is 6.03 Å². The number of aromatic nitrogens is 3. The van der Waals surface area contributed by atoms with E-state index in [1.165, 1.54) is 12.8 Å². The summed E-state index contributed by atoms with van der Waals surface area (Å²) in [7, 11) is 0. The lowest BCUT2D eigenvalue weighted by Gasteiger charge is -2.26. The van der Waals surface area contributed by atoms with Crippen molar-refractivity contribution in [3.8, 4) is 5.82 Å². The van der Waals surface area contributed by atoms with E-state index in [0.717, 1.165) is 30.1 Å². The van der Waals surface area contributed by atoms with E-state index < -0.39 is 0 Å². The van der Waals surface area contributed by atoms with Crippen LogP contribution in [0.2, 0.25) is 0 Å². The van der Waals surface area contributed by atoms with Crippen LogP contribution in [0.4, 0.5) is 4.79 Å². The fraction of sp³-hybridized carbons (Fsp3) is 0.471. The first-order chi connectivity index (χ1) is 11.2. The molecule has 2 N–H and O–H groups in total. The summed E-state index contributed by atoms with van der Waals surface area (Å²) in [5.74, 6) is 1.55. The molecule has 2 heterocycles. The van der Waals surface area contributed by atoms with Crippen LogP contribution in [0, 0.1) is 5.92 Å². The van der Waals surface area contributed by atoms with E-state index in [1.54, 1.807) is 17.1 Å². The van der Waals surface area contributed by atoms with Gasteiger partial charge in [0.15, 0.2) is 5.82 Å². The summed E-state index contributed by atoms with van der Waals surface area (Å²) in [6.45, 7) is 2.75. The molecule has 0 bridgehead atoms. The number of carbonyl (C=O) groups is 1. The SMILES string of the molecule is CC1CCC(NC(=O)NCc2ccc(-n3cccn3)nc2)CC1. The molecule has 2 aromatic heterocycles. The fourth-order valence-corrected chi connectivity index (χ4v) is 2.88. The Morgan fingerprint density at radius 3 is 2.78 bits per heavy atom. The van der Waals surface area contributed by atoms with Crippen molar-refractivity contribution in [1.29, 1.82) is 0 Å². The number of pyridine rings is 1. The number of nitrogens with zero attached hydrogens (tertiary/aromatic N) is 3. The number of nitrogens with one attached hydrogen (secondary N) is 2. The first-order valence-electron chi connectivity index (χ1n) is 8.20. The van der Waals surface area contributed by atoms with Gasteiger partial charge in [-0.3, -0.25) is 0 Å². The minimum absolute atomic E-state index is 0.0966. The summed E-state index contributed by atoms with van der Waals surface area (Å²) >= 11 is 0. The summed E-state index contributed by atoms with van der Waals surface area (Å²) in [6.07, 6.45) is 9.88. The van der Waals surface area contributed by atoms with E-state index in [4.69, 9.17) is 0 Å². The van der Waals surface area contributed by atoms with Crippen molar-refractivity contribution in [2.45, 2.75) is 45.2 Å². The lowest BCUT2D eigenvalue weighted by atomic mass is 9.87. The number of rotatable bonds is 4. The van der Waals surface area contributed by atoms with Crippen molar-refractivity contribution < 1.29 is 4.79 Å². The molecule has 0 atom stereocenters. The van der Waals surface area contributed by atoms with E-state index in [2.05, 4.69) is 27.6 Å². The Balaban J connectivity index is 1.45. The van der Waals surface area contributed by atoms with Crippen molar-refractivity contribution in [2.75, 3.05) is 0 Å². The molecule has 1 fully saturated rings. The predicted molar refractivity (Wildman–Crippen MR) is 88.2 cm³/mol. The van der Waals surface area contributed by atoms with E-state index in [0.29, 0.717) is 12.6 Å². The highest BCUT2D eigenvalue weighted by Gasteiger charge is 2.19. The summed E-state index contributed by atoms with van der Waals surface area (Å²) in [4.78, 5) is 16.3. The molecule has 0 radical (unpaired) electrons. The minimum atomic E-state index is -0.0966. The zero-order valence-corrected chi connectivity index (χ0v) is 13.4. The molecule has 0 saturated heterocycles. The molecule has 6 heteroatoms. The molecule has 0 spiro atoms. The maximum absolute atomic E-state index is 12.0. The Morgan fingerprint density at radius 1 is 1.30 bits per heavy atom. The van der Waals surface area contributed by atoms with Crippen LogP contribution in [0.3, 0.4) is 0 Å². The van der Waals surface area contributed by atoms with Crippen LogP contribution in [0.1, 0.15) is 38.2 Å². The van der Waals surface area contributed by atoms with Gasteiger partial charge in [-0.25, -0.2) is 14.5 Å². The topological polar surface area (TPSA) is 71.8 Å². The van der Waals surface area contributed by atoms with E-state index in [-0.39, 0.29) is 6.03 Å². The van der Waals surface area contributed by atoms with Crippen LogP contribution >= 0.6 is 0 Å². The molecule has 2 aromatic rings. The average molecular weight is 313 g/mol. The van der Waals surface area contributed by atoms with Gasteiger partial charge in [-0.1, -0.05) is 13.0 Å². The second-order valence-corrected chi connectivity index (χ2v) is 6.26. The summed E-state index contributed by atoms with van der Waals surface area (Å²) in [5, 5.41) is 10.1. The van der Waals surface area contributed by atoms with E-state index >= 15 is 0 Å². The Bertz CT molecular complexity index is 615. The molecule has 1 aliphatic carbocycles. The first-order valence-corrected chi connectivity index (χ1v) is 8.20. The van der Waals surface area contributed by atoms with Crippen LogP contribution < -0.4 is 10.6 Å². The number of hydrogen-bond donors (Lipinski definition) is 2. The Hall–Kier alpha value is -2.37. The lowest BCUT2D eigenvalue weighted by molar-refractivity contribution is 0.228. The predicted octanol–water partition coefficient (Wildman–Crippen LogP) is 2.65. The molecule has 1 aliphatic rings. The van der Waals surface area contributed by atoms with Crippen molar-refractivity contribution in [3.05, 3.63) is 42.4 Å². The molecule has 23 heavy (non-hydrogen) atoms. The van der Waals surface area contributed by atoms with Crippen LogP contribution in [-0.2, 0) is 6.54 Å². The van der Waals surface area contributed by atoms with Gasteiger partial charge in [0.2, 0.25) is 0 Å². The van der Waals surface area contributed by atoms with Gasteiger partial charge < -0.3 is 10.6 Å². The number of amides is 2. The highest BCUT2D eigenvalue weighted by molar-refractivity contribution is 5.74. The van der Waals surface area contributed by atoms with E-state index in [9.17, 15) is 4.79 Å². The summed E-state index contributed by atoms with van der Waals surface area (Å²) < 4.78 is 1.70. The van der Waals surface area contributed by atoms with Gasteiger partial charge in [-0.2, -0.15) is 5.10 Å². The second kappa shape index (κ2) is 7.26. The molecule has 122 valence electrons. The Morgan fingerprint density at radius 2 is 2.13 bits per heavy atom. The van der Waals surface area contributed by atoms with Crippen LogP contribution in [0.5, 0.6) is 0 Å². The summed E-state index contributed by atoms with van der Waals surface area (Å²) in [6, 6.07) is 5.91. The maximum Gasteiger partial charge on any atom is 0.315 e. The van der Waals surface area contributed by atoms with Crippen molar-refractivity contribution in [1.82, 2.24) is 25.4 Å². The molecule has 2 amide bonds. The van der Waals surface area contributed by atoms with Crippen molar-refractivity contribution >= 4 is 6.03 Å². The Kier molecular flexibility index (Phi) is 4.90. The third-order valence-corrected chi connectivity index (χ3v) is 4.35. The second-order valence-electron chi connectivity index (χ2n) is 6.26. The largest absolute Gasteiger partial charge is 0.335 e. The molecule has 0 aromatic carbocycles. The molecule has 0 aliphatic heterocycles. The van der Waals surface area contributed by atoms with Crippen LogP contribution in [0.25, 0.3) is 5.82 Å². The van der Waals surface area contributed by atoms with E-state index in [1.807, 2.05) is 24.4 Å². The van der Waals surface area contributed by atoms with Gasteiger partial charge in [0, 0.05) is 31.2 Å². The highest BCUT2D eigenvalue weighted by Crippen LogP contribution is 2.23. The maximum atomic E-state index is 12.0. The molecular weight excluding hydrogens is 290 g/mol. The first kappa shape index (κ1) is 15.5. The van der Waals surface area contributed by atoms with Gasteiger partial charge in [0.25, 0.3) is 0 Å². The molecule has 6 nitrogen and oxygen atoms in total. The zero-order chi connectivity index (χ0) is 16.1. The molecule has 0 unspecified atom stereocenters. The van der Waals surface area contributed by atoms with Gasteiger partial charge in [0.1, 0.15) is 0 Å². The van der Waals surface area contributed by atoms with Gasteiger partial charge in [-0.05, 0) is 49.3 Å². The quantitative estimate of drug-likeness (QED) is 0.911. The molecular formula is C17H23N5O. The summed E-state index contributed by atoms with van der Waals surface area (Å²) in [5.41, 5.74) is 0.966. The van der Waals surface area contributed by atoms with Gasteiger partial charge in [-0.15, -0.1) is 0 Å². The van der Waals surface area contributed by atoms with Crippen molar-refractivity contribution in [3.63, 3.8) is 0 Å². The van der Waals surface area contributed by atoms with Crippen LogP contribution in [-0.4, -0.2) is 26.8 Å². The standard InChI is InChI=1S/C17H23N5O/c1-13-3-6-15(7-4-13)21-17(23)19-12-14-5-8-16(18-11-14)22-10-2-9-20-22/h2,5,8-11,13,15H,3-4,6-7,12H2,1H3,(H2,19,21,23). The molecule has 1 saturated carbocycles. The minimum Gasteiger partial charge on any atom is -0.335 e. The lowest BCUT2D eigenvalue weighted by Crippen LogP contribution is -2.43. The highest BCUT2D eigenvalue weighted by atomic mass is 16.2. The fourth-order valence-electron chi connectivity index (χ4n) is 2.88.